The molecule has 0 bridgehead atoms. The van der Waals surface area contributed by atoms with Gasteiger partial charge in [0.1, 0.15) is 12.0 Å². The van der Waals surface area contributed by atoms with Crippen LogP contribution in [0.4, 0.5) is 0 Å². The number of carboxylic acid groups (broad SMARTS) is 1. The van der Waals surface area contributed by atoms with E-state index in [9.17, 15) is 24.6 Å². The van der Waals surface area contributed by atoms with E-state index in [4.69, 9.17) is 0 Å². The van der Waals surface area contributed by atoms with Crippen molar-refractivity contribution in [2.24, 2.45) is 5.92 Å². The number of aliphatic carboxylic acids is 1. The molecule has 0 spiro atoms. The Bertz CT molecular complexity index is 648. The molecule has 2 aliphatic rings. The number of nitrogens with zero attached hydrogens (tertiary/aromatic N) is 1. The summed E-state index contributed by atoms with van der Waals surface area (Å²) in [5.41, 5.74) is 0. The van der Waals surface area contributed by atoms with Crippen LogP contribution in [-0.4, -0.2) is 49.9 Å². The first-order valence-corrected chi connectivity index (χ1v) is 8.48. The van der Waals surface area contributed by atoms with Crippen molar-refractivity contribution in [3.63, 3.8) is 0 Å². The molecule has 1 aromatic heterocycles. The van der Waals surface area contributed by atoms with Crippen molar-refractivity contribution in [2.75, 3.05) is 0 Å². The van der Waals surface area contributed by atoms with E-state index in [1.807, 2.05) is 0 Å². The summed E-state index contributed by atoms with van der Waals surface area (Å²) in [5.74, 6) is -3.22. The van der Waals surface area contributed by atoms with Crippen LogP contribution in [0.5, 0.6) is 0 Å². The molecule has 0 aliphatic carbocycles. The molecule has 0 saturated carbocycles. The molecule has 1 aromatic rings. The van der Waals surface area contributed by atoms with Gasteiger partial charge >= 0.3 is 51.4 Å². The number of carbonyl (C=O) groups excluding carboxylic acids is 3. The van der Waals surface area contributed by atoms with E-state index < -0.39 is 45.8 Å². The summed E-state index contributed by atoms with van der Waals surface area (Å²) in [6.45, 7) is 3.43. The largest absolute Gasteiger partial charge is 1.00 e. The van der Waals surface area contributed by atoms with Crippen LogP contribution in [-0.2, 0) is 9.59 Å². The molecule has 0 aromatic carbocycles. The summed E-state index contributed by atoms with van der Waals surface area (Å²) in [5, 5.41) is 22.8. The minimum Gasteiger partial charge on any atom is -0.548 e. The number of thiophene rings is 1. The number of hydrogen-bond donors (Lipinski definition) is 1. The van der Waals surface area contributed by atoms with Crippen LogP contribution in [0.15, 0.2) is 17.5 Å². The monoisotopic (exact) mass is 379 g/mol. The van der Waals surface area contributed by atoms with Gasteiger partial charge in [-0.05, 0) is 25.3 Å². The van der Waals surface area contributed by atoms with Gasteiger partial charge in [0.15, 0.2) is 0 Å². The van der Waals surface area contributed by atoms with Crippen molar-refractivity contribution < 1.29 is 76.0 Å². The van der Waals surface area contributed by atoms with Crippen molar-refractivity contribution >= 4 is 40.8 Å². The van der Waals surface area contributed by atoms with E-state index in [1.54, 1.807) is 31.4 Å². The number of Topliss-reactive ketones (excluding diaryl/α,β-unsaturated/α-hetero) is 1. The van der Waals surface area contributed by atoms with Gasteiger partial charge in [-0.2, -0.15) is 0 Å². The van der Waals surface area contributed by atoms with E-state index in [2.05, 4.69) is 0 Å². The number of aliphatic hydroxyl groups is 1. The van der Waals surface area contributed by atoms with E-state index in [1.165, 1.54) is 28.0 Å². The maximum absolute atomic E-state index is 12.3. The number of β-lactam (4-membered cyclic amide) rings is 1. The van der Waals surface area contributed by atoms with E-state index in [-0.39, 0.29) is 51.4 Å². The van der Waals surface area contributed by atoms with Gasteiger partial charge in [-0.25, -0.2) is 0 Å². The van der Waals surface area contributed by atoms with Crippen LogP contribution in [0.3, 0.4) is 0 Å². The van der Waals surface area contributed by atoms with Crippen LogP contribution in [0.1, 0.15) is 23.5 Å². The maximum Gasteiger partial charge on any atom is 1.00 e. The van der Waals surface area contributed by atoms with Crippen LogP contribution < -0.4 is 56.5 Å². The molecular weight excluding hydrogens is 365 g/mol. The Balaban J connectivity index is 0.00000192. The van der Waals surface area contributed by atoms with Gasteiger partial charge in [0.2, 0.25) is 11.7 Å². The second-order valence-electron chi connectivity index (χ2n) is 5.89. The Kier molecular flexibility index (Phi) is 5.85. The first-order valence-electron chi connectivity index (χ1n) is 6.72. The Morgan fingerprint density at radius 2 is 2.09 bits per heavy atom. The minimum atomic E-state index is -1.45. The molecule has 4 atom stereocenters. The SMILES string of the molecule is CC1(C)S[C@@H]2[C@H]([C@H](O)C(=O)c3cccs3)C(=O)N2[C@H]1C(=O)[O-].[K+]. The zero-order valence-electron chi connectivity index (χ0n) is 12.9. The smallest absolute Gasteiger partial charge is 0.548 e. The summed E-state index contributed by atoms with van der Waals surface area (Å²) < 4.78 is -0.723. The van der Waals surface area contributed by atoms with Gasteiger partial charge in [0.05, 0.1) is 22.3 Å². The summed E-state index contributed by atoms with van der Waals surface area (Å²) in [6, 6.07) is 2.24. The molecule has 0 unspecified atom stereocenters. The van der Waals surface area contributed by atoms with Gasteiger partial charge in [-0.1, -0.05) is 6.07 Å². The van der Waals surface area contributed by atoms with Crippen LogP contribution in [0.2, 0.25) is 0 Å². The zero-order valence-corrected chi connectivity index (χ0v) is 17.6. The molecule has 6 nitrogen and oxygen atoms in total. The quantitative estimate of drug-likeness (QED) is 0.335. The van der Waals surface area contributed by atoms with Crippen LogP contribution >= 0.6 is 23.1 Å². The van der Waals surface area contributed by atoms with E-state index in [0.717, 1.165) is 0 Å². The van der Waals surface area contributed by atoms with Gasteiger partial charge in [0.25, 0.3) is 0 Å². The molecule has 2 fully saturated rings. The number of thioether (sulfide) groups is 1. The number of fused-ring (bicyclic) bond motifs is 1. The molecular formula is C14H14KNO5S2. The van der Waals surface area contributed by atoms with Crippen LogP contribution in [0, 0.1) is 5.92 Å². The average Bonchev–Trinajstić information content (AvgIpc) is 3.02. The standard InChI is InChI=1S/C14H15NO5S2.K/c1-14(2)10(13(19)20)15-11(18)7(12(15)22-14)9(17)8(16)6-4-3-5-21-6;/h3-5,7,9-10,12,17H,1-2H3,(H,19,20);/q;+1/p-1/t7-,9+,10+,12-;/m1./s1. The fourth-order valence-electron chi connectivity index (χ4n) is 3.04. The molecule has 3 heterocycles. The first kappa shape index (κ1) is 19.6. The molecule has 2 aliphatic heterocycles. The number of carboxylic acids is 1. The summed E-state index contributed by atoms with van der Waals surface area (Å²) >= 11 is 2.48. The van der Waals surface area contributed by atoms with Crippen molar-refractivity contribution in [3.8, 4) is 0 Å². The first-order chi connectivity index (χ1) is 10.3. The molecule has 118 valence electrons. The Morgan fingerprint density at radius 1 is 1.43 bits per heavy atom. The van der Waals surface area contributed by atoms with Gasteiger partial charge in [-0.3, -0.25) is 9.59 Å². The number of ketones is 1. The van der Waals surface area contributed by atoms with Gasteiger partial charge in [0, 0.05) is 4.75 Å². The van der Waals surface area contributed by atoms with Crippen molar-refractivity contribution in [1.82, 2.24) is 4.90 Å². The fraction of sp³-hybridized carbons (Fsp3) is 0.500. The molecule has 2 saturated heterocycles. The third kappa shape index (κ3) is 3.10. The fourth-order valence-corrected chi connectivity index (χ4v) is 5.45. The van der Waals surface area contributed by atoms with Gasteiger partial charge in [-0.15, -0.1) is 23.1 Å². The van der Waals surface area contributed by atoms with E-state index >= 15 is 0 Å². The molecule has 3 rings (SSSR count). The predicted octanol–water partition coefficient (Wildman–Crippen LogP) is -3.28. The average molecular weight is 380 g/mol. The van der Waals surface area contributed by atoms with Crippen molar-refractivity contribution in [2.45, 2.75) is 36.1 Å². The number of rotatable bonds is 4. The maximum atomic E-state index is 12.3. The summed E-state index contributed by atoms with van der Waals surface area (Å²) in [6.07, 6.45) is -1.45. The second kappa shape index (κ2) is 6.87. The third-order valence-corrected chi connectivity index (χ3v) is 6.56. The topological polar surface area (TPSA) is 97.7 Å². The number of amides is 1. The third-order valence-electron chi connectivity index (χ3n) is 4.08. The van der Waals surface area contributed by atoms with Gasteiger partial charge < -0.3 is 19.9 Å². The number of carbonyl (C=O) groups is 3. The second-order valence-corrected chi connectivity index (χ2v) is 8.61. The normalized spacial score (nSPS) is 29.3. The van der Waals surface area contributed by atoms with Crippen molar-refractivity contribution in [3.05, 3.63) is 22.4 Å². The zero-order chi connectivity index (χ0) is 16.2. The van der Waals surface area contributed by atoms with E-state index in [0.29, 0.717) is 4.88 Å². The number of hydrogen-bond acceptors (Lipinski definition) is 7. The molecule has 23 heavy (non-hydrogen) atoms. The Morgan fingerprint density at radius 3 is 2.61 bits per heavy atom. The molecule has 9 heteroatoms. The number of aliphatic hydroxyl groups excluding tert-OH is 1. The Labute approximate surface area is 184 Å². The van der Waals surface area contributed by atoms with Crippen LogP contribution in [0.25, 0.3) is 0 Å². The molecule has 0 radical (unpaired) electrons. The predicted molar refractivity (Wildman–Crippen MR) is 79.2 cm³/mol. The minimum absolute atomic E-state index is 0. The van der Waals surface area contributed by atoms with Crippen molar-refractivity contribution in [1.29, 1.82) is 0 Å². The Hall–Kier alpha value is 0.256. The molecule has 1 N–H and O–H groups in total. The summed E-state index contributed by atoms with van der Waals surface area (Å²) in [4.78, 5) is 37.4. The summed E-state index contributed by atoms with van der Waals surface area (Å²) in [7, 11) is 0. The molecule has 1 amide bonds.